The number of likely N-dealkylation sites (tertiary alicyclic amines) is 1. The number of rotatable bonds is 5. The van der Waals surface area contributed by atoms with Gasteiger partial charge >= 0.3 is 0 Å². The summed E-state index contributed by atoms with van der Waals surface area (Å²) in [6.45, 7) is 9.26. The van der Waals surface area contributed by atoms with Crippen molar-refractivity contribution in [1.82, 2.24) is 10.2 Å². The minimum atomic E-state index is 0.273. The Morgan fingerprint density at radius 1 is 1.43 bits per heavy atom. The highest BCUT2D eigenvalue weighted by Crippen LogP contribution is 2.17. The van der Waals surface area contributed by atoms with Crippen molar-refractivity contribution in [2.75, 3.05) is 19.6 Å². The van der Waals surface area contributed by atoms with Crippen molar-refractivity contribution in [3.05, 3.63) is 35.4 Å². The van der Waals surface area contributed by atoms with Crippen LogP contribution in [0.15, 0.2) is 24.3 Å². The van der Waals surface area contributed by atoms with Crippen molar-refractivity contribution in [2.45, 2.75) is 46.1 Å². The minimum absolute atomic E-state index is 0.273. The Kier molecular flexibility index (Phi) is 5.80. The summed E-state index contributed by atoms with van der Waals surface area (Å²) in [4.78, 5) is 14.5. The van der Waals surface area contributed by atoms with E-state index in [1.54, 1.807) is 0 Å². The summed E-state index contributed by atoms with van der Waals surface area (Å²) in [5.41, 5.74) is 2.35. The molecular weight excluding hydrogens is 260 g/mol. The fourth-order valence-electron chi connectivity index (χ4n) is 2.97. The zero-order valence-corrected chi connectivity index (χ0v) is 13.6. The highest BCUT2D eigenvalue weighted by atomic mass is 16.2. The molecule has 1 amide bonds. The van der Waals surface area contributed by atoms with Gasteiger partial charge in [-0.15, -0.1) is 0 Å². The molecule has 1 unspecified atom stereocenters. The Labute approximate surface area is 128 Å². The molecule has 1 fully saturated rings. The van der Waals surface area contributed by atoms with Crippen LogP contribution in [0.3, 0.4) is 0 Å². The van der Waals surface area contributed by atoms with Crippen LogP contribution in [0.1, 0.15) is 37.8 Å². The summed E-state index contributed by atoms with van der Waals surface area (Å²) in [6.07, 6.45) is 2.89. The predicted molar refractivity (Wildman–Crippen MR) is 87.3 cm³/mol. The van der Waals surface area contributed by atoms with Crippen LogP contribution in [0.5, 0.6) is 0 Å². The molecular formula is C18H28N2O. The molecule has 1 N–H and O–H groups in total. The van der Waals surface area contributed by atoms with Crippen molar-refractivity contribution < 1.29 is 4.79 Å². The Morgan fingerprint density at radius 3 is 2.95 bits per heavy atom. The highest BCUT2D eigenvalue weighted by Gasteiger charge is 2.23. The second-order valence-electron chi connectivity index (χ2n) is 6.58. The zero-order chi connectivity index (χ0) is 15.2. The number of amides is 1. The Hall–Kier alpha value is -1.35. The second-order valence-corrected chi connectivity index (χ2v) is 6.58. The number of hydrogen-bond donors (Lipinski definition) is 1. The molecule has 0 spiro atoms. The number of piperidine rings is 1. The van der Waals surface area contributed by atoms with Crippen LogP contribution >= 0.6 is 0 Å². The first kappa shape index (κ1) is 16.0. The van der Waals surface area contributed by atoms with Gasteiger partial charge in [0.05, 0.1) is 6.42 Å². The maximum Gasteiger partial charge on any atom is 0.226 e. The topological polar surface area (TPSA) is 32.3 Å². The van der Waals surface area contributed by atoms with Crippen LogP contribution in [0.25, 0.3) is 0 Å². The van der Waals surface area contributed by atoms with Gasteiger partial charge in [0.25, 0.3) is 0 Å². The number of carbonyl (C=O) groups is 1. The molecule has 1 atom stereocenters. The van der Waals surface area contributed by atoms with Crippen LogP contribution in [0.2, 0.25) is 0 Å². The molecule has 1 aliphatic rings. The number of benzene rings is 1. The van der Waals surface area contributed by atoms with Gasteiger partial charge in [-0.3, -0.25) is 4.79 Å². The molecule has 1 aromatic rings. The van der Waals surface area contributed by atoms with Gasteiger partial charge in [-0.05, 0) is 37.8 Å². The summed E-state index contributed by atoms with van der Waals surface area (Å²) < 4.78 is 0. The van der Waals surface area contributed by atoms with Crippen molar-refractivity contribution in [3.8, 4) is 0 Å². The average molecular weight is 288 g/mol. The van der Waals surface area contributed by atoms with E-state index in [0.717, 1.165) is 31.6 Å². The number of carbonyl (C=O) groups excluding carboxylic acids is 1. The van der Waals surface area contributed by atoms with Crippen LogP contribution in [0.4, 0.5) is 0 Å². The Balaban J connectivity index is 1.87. The summed E-state index contributed by atoms with van der Waals surface area (Å²) in [5.74, 6) is 0.873. The SMILES string of the molecule is Cc1cccc(CC(=O)N2CCCC(CNC(C)C)C2)c1. The number of hydrogen-bond acceptors (Lipinski definition) is 2. The van der Waals surface area contributed by atoms with E-state index in [4.69, 9.17) is 0 Å². The predicted octanol–water partition coefficient (Wildman–Crippen LogP) is 2.77. The van der Waals surface area contributed by atoms with E-state index < -0.39 is 0 Å². The summed E-state index contributed by atoms with van der Waals surface area (Å²) in [7, 11) is 0. The van der Waals surface area contributed by atoms with Gasteiger partial charge in [-0.1, -0.05) is 43.7 Å². The Bertz CT molecular complexity index is 470. The molecule has 0 aromatic heterocycles. The third-order valence-corrected chi connectivity index (χ3v) is 4.12. The maximum atomic E-state index is 12.5. The third-order valence-electron chi connectivity index (χ3n) is 4.12. The van der Waals surface area contributed by atoms with E-state index in [2.05, 4.69) is 43.1 Å². The summed E-state index contributed by atoms with van der Waals surface area (Å²) >= 11 is 0. The highest BCUT2D eigenvalue weighted by molar-refractivity contribution is 5.78. The first-order valence-electron chi connectivity index (χ1n) is 8.11. The molecule has 3 nitrogen and oxygen atoms in total. The first-order chi connectivity index (χ1) is 10.0. The van der Waals surface area contributed by atoms with Crippen LogP contribution < -0.4 is 5.32 Å². The molecule has 0 radical (unpaired) electrons. The largest absolute Gasteiger partial charge is 0.342 e. The van der Waals surface area contributed by atoms with Crippen LogP contribution in [-0.2, 0) is 11.2 Å². The van der Waals surface area contributed by atoms with E-state index in [9.17, 15) is 4.79 Å². The van der Waals surface area contributed by atoms with Gasteiger partial charge in [0.15, 0.2) is 0 Å². The summed E-state index contributed by atoms with van der Waals surface area (Å²) in [6, 6.07) is 8.78. The maximum absolute atomic E-state index is 12.5. The Morgan fingerprint density at radius 2 is 2.24 bits per heavy atom. The van der Waals surface area contributed by atoms with E-state index in [1.165, 1.54) is 12.0 Å². The number of nitrogens with zero attached hydrogens (tertiary/aromatic N) is 1. The van der Waals surface area contributed by atoms with Gasteiger partial charge in [0.1, 0.15) is 0 Å². The van der Waals surface area contributed by atoms with Gasteiger partial charge in [-0.2, -0.15) is 0 Å². The zero-order valence-electron chi connectivity index (χ0n) is 13.6. The fraction of sp³-hybridized carbons (Fsp3) is 0.611. The lowest BCUT2D eigenvalue weighted by Crippen LogP contribution is -2.44. The molecule has 1 aromatic carbocycles. The lowest BCUT2D eigenvalue weighted by atomic mass is 9.97. The fourth-order valence-corrected chi connectivity index (χ4v) is 2.97. The molecule has 0 saturated carbocycles. The molecule has 1 heterocycles. The molecule has 21 heavy (non-hydrogen) atoms. The van der Waals surface area contributed by atoms with Gasteiger partial charge < -0.3 is 10.2 Å². The molecule has 3 heteroatoms. The lowest BCUT2D eigenvalue weighted by molar-refractivity contribution is -0.132. The van der Waals surface area contributed by atoms with Crippen LogP contribution in [-0.4, -0.2) is 36.5 Å². The quantitative estimate of drug-likeness (QED) is 0.903. The molecule has 1 aliphatic heterocycles. The van der Waals surface area contributed by atoms with E-state index in [0.29, 0.717) is 18.4 Å². The van der Waals surface area contributed by atoms with E-state index in [-0.39, 0.29) is 5.91 Å². The smallest absolute Gasteiger partial charge is 0.226 e. The molecule has 1 saturated heterocycles. The first-order valence-corrected chi connectivity index (χ1v) is 8.11. The standard InChI is InChI=1S/C18H28N2O/c1-14(2)19-12-17-8-5-9-20(13-17)18(21)11-16-7-4-6-15(3)10-16/h4,6-7,10,14,17,19H,5,8-9,11-13H2,1-3H3. The van der Waals surface area contributed by atoms with Gasteiger partial charge in [0.2, 0.25) is 5.91 Å². The number of aryl methyl sites for hydroxylation is 1. The van der Waals surface area contributed by atoms with Gasteiger partial charge in [0, 0.05) is 19.1 Å². The third kappa shape index (κ3) is 5.16. The average Bonchev–Trinajstić information content (AvgIpc) is 2.45. The van der Waals surface area contributed by atoms with E-state index in [1.807, 2.05) is 12.1 Å². The molecule has 2 rings (SSSR count). The number of nitrogens with one attached hydrogen (secondary N) is 1. The van der Waals surface area contributed by atoms with Crippen molar-refractivity contribution in [1.29, 1.82) is 0 Å². The molecule has 116 valence electrons. The van der Waals surface area contributed by atoms with Crippen LogP contribution in [0, 0.1) is 12.8 Å². The van der Waals surface area contributed by atoms with E-state index >= 15 is 0 Å². The molecule has 0 aliphatic carbocycles. The van der Waals surface area contributed by atoms with Crippen molar-refractivity contribution in [2.24, 2.45) is 5.92 Å². The normalized spacial score (nSPS) is 19.0. The van der Waals surface area contributed by atoms with Crippen molar-refractivity contribution in [3.63, 3.8) is 0 Å². The monoisotopic (exact) mass is 288 g/mol. The lowest BCUT2D eigenvalue weighted by Gasteiger charge is -2.33. The minimum Gasteiger partial charge on any atom is -0.342 e. The summed E-state index contributed by atoms with van der Waals surface area (Å²) in [5, 5.41) is 3.49. The van der Waals surface area contributed by atoms with Crippen molar-refractivity contribution >= 4 is 5.91 Å². The molecule has 0 bridgehead atoms. The van der Waals surface area contributed by atoms with Gasteiger partial charge in [-0.25, -0.2) is 0 Å². The second kappa shape index (κ2) is 7.60.